The van der Waals surface area contributed by atoms with Crippen LogP contribution in [-0.4, -0.2) is 140 Å². The molecule has 2 fully saturated rings. The number of allylic oxidation sites excluding steroid dienone is 5. The zero-order valence-electron chi connectivity index (χ0n) is 49.4. The molecule has 12 atom stereocenters. The van der Waals surface area contributed by atoms with Gasteiger partial charge in [-0.15, -0.1) is 0 Å². The summed E-state index contributed by atoms with van der Waals surface area (Å²) < 4.78 is 22.5. The first-order valence-corrected chi connectivity index (χ1v) is 32.2. The standard InChI is InChI=1S/C64H119NO13/c1-3-5-7-8-9-10-11-12-13-14-15-16-17-18-19-20-21-22-23-24-25-26-27-28-29-30-31-32-33-34-35-36-37-38-39-40-41-42-43-44-46-48-56(69)65-52(53(68)47-45-6-4-2)51-75-63-61(74)59(72)62(55(50-67)77-63)78-64-60(73)58(71)57(70)54(49-66)76-64/h11-12,14-15,45,47,52-55,57-64,66-68,70-74H,3-10,13,16-44,46,48-51H2,1-2H3,(H,65,69)/b12-11-,15-14-,47-45+. The van der Waals surface area contributed by atoms with Gasteiger partial charge in [0.25, 0.3) is 0 Å². The number of hydrogen-bond acceptors (Lipinski definition) is 13. The minimum absolute atomic E-state index is 0.247. The Bertz CT molecular complexity index is 1450. The van der Waals surface area contributed by atoms with Crippen LogP contribution in [0.25, 0.3) is 0 Å². The van der Waals surface area contributed by atoms with Crippen molar-refractivity contribution in [2.24, 2.45) is 0 Å². The molecule has 0 spiro atoms. The van der Waals surface area contributed by atoms with Gasteiger partial charge in [-0.3, -0.25) is 4.79 Å². The van der Waals surface area contributed by atoms with Crippen LogP contribution in [-0.2, 0) is 23.7 Å². The van der Waals surface area contributed by atoms with Gasteiger partial charge in [0.15, 0.2) is 12.6 Å². The maximum atomic E-state index is 13.0. The third-order valence-corrected chi connectivity index (χ3v) is 15.8. The molecule has 0 radical (unpaired) electrons. The molecule has 12 unspecified atom stereocenters. The number of aliphatic hydroxyl groups is 8. The van der Waals surface area contributed by atoms with Gasteiger partial charge in [-0.05, 0) is 44.9 Å². The normalized spacial score (nSPS) is 24.7. The number of amides is 1. The van der Waals surface area contributed by atoms with Crippen molar-refractivity contribution in [1.29, 1.82) is 0 Å². The molecule has 0 aliphatic carbocycles. The number of carbonyl (C=O) groups is 1. The molecule has 9 N–H and O–H groups in total. The zero-order chi connectivity index (χ0) is 56.7. The molecular weight excluding hydrogens is 991 g/mol. The first-order valence-electron chi connectivity index (χ1n) is 32.2. The second-order valence-electron chi connectivity index (χ2n) is 22.9. The molecule has 2 rings (SSSR count). The predicted octanol–water partition coefficient (Wildman–Crippen LogP) is 11.8. The second kappa shape index (κ2) is 49.8. The molecule has 1 amide bonds. The van der Waals surface area contributed by atoms with Crippen molar-refractivity contribution in [1.82, 2.24) is 5.32 Å². The van der Waals surface area contributed by atoms with Gasteiger partial charge in [0.05, 0.1) is 32.0 Å². The number of unbranched alkanes of at least 4 members (excludes halogenated alkanes) is 35. The highest BCUT2D eigenvalue weighted by Gasteiger charge is 2.51. The largest absolute Gasteiger partial charge is 0.394 e. The van der Waals surface area contributed by atoms with Gasteiger partial charge >= 0.3 is 0 Å². The van der Waals surface area contributed by atoms with Crippen molar-refractivity contribution in [2.45, 2.75) is 344 Å². The van der Waals surface area contributed by atoms with E-state index in [1.54, 1.807) is 6.08 Å². The second-order valence-corrected chi connectivity index (χ2v) is 22.9. The van der Waals surface area contributed by atoms with E-state index in [-0.39, 0.29) is 18.9 Å². The van der Waals surface area contributed by atoms with E-state index in [4.69, 9.17) is 18.9 Å². The van der Waals surface area contributed by atoms with Crippen molar-refractivity contribution in [2.75, 3.05) is 19.8 Å². The molecule has 0 aromatic carbocycles. The lowest BCUT2D eigenvalue weighted by Gasteiger charge is -2.46. The fourth-order valence-electron chi connectivity index (χ4n) is 10.6. The molecule has 14 heteroatoms. The van der Waals surface area contributed by atoms with Crippen LogP contribution >= 0.6 is 0 Å². The number of nitrogens with one attached hydrogen (secondary N) is 1. The summed E-state index contributed by atoms with van der Waals surface area (Å²) in [5, 5.41) is 86.1. The van der Waals surface area contributed by atoms with Gasteiger partial charge in [0, 0.05) is 6.42 Å². The van der Waals surface area contributed by atoms with E-state index < -0.39 is 86.8 Å². The highest BCUT2D eigenvalue weighted by molar-refractivity contribution is 5.76. The fourth-order valence-corrected chi connectivity index (χ4v) is 10.6. The number of hydrogen-bond donors (Lipinski definition) is 9. The van der Waals surface area contributed by atoms with E-state index >= 15 is 0 Å². The van der Waals surface area contributed by atoms with Gasteiger partial charge in [-0.1, -0.05) is 256 Å². The van der Waals surface area contributed by atoms with E-state index in [0.29, 0.717) is 6.42 Å². The maximum Gasteiger partial charge on any atom is 0.220 e. The highest BCUT2D eigenvalue weighted by atomic mass is 16.7. The van der Waals surface area contributed by atoms with Crippen molar-refractivity contribution in [3.8, 4) is 0 Å². The van der Waals surface area contributed by atoms with Crippen molar-refractivity contribution >= 4 is 5.91 Å². The van der Waals surface area contributed by atoms with Crippen LogP contribution in [0.3, 0.4) is 0 Å². The van der Waals surface area contributed by atoms with Crippen LogP contribution in [0.4, 0.5) is 0 Å². The van der Waals surface area contributed by atoms with E-state index in [9.17, 15) is 45.6 Å². The minimum atomic E-state index is -1.78. The smallest absolute Gasteiger partial charge is 0.220 e. The Hall–Kier alpha value is -1.79. The quantitative estimate of drug-likeness (QED) is 0.0204. The van der Waals surface area contributed by atoms with E-state index in [0.717, 1.165) is 38.5 Å². The van der Waals surface area contributed by atoms with Crippen LogP contribution in [0.2, 0.25) is 0 Å². The Morgan fingerprint density at radius 2 is 0.872 bits per heavy atom. The number of aliphatic hydroxyl groups excluding tert-OH is 8. The van der Waals surface area contributed by atoms with Crippen LogP contribution in [0.1, 0.15) is 271 Å². The molecule has 0 bridgehead atoms. The molecule has 0 aromatic heterocycles. The van der Waals surface area contributed by atoms with Crippen molar-refractivity contribution in [3.05, 3.63) is 36.5 Å². The van der Waals surface area contributed by atoms with Crippen molar-refractivity contribution < 1.29 is 64.6 Å². The molecule has 2 saturated heterocycles. The molecule has 0 saturated carbocycles. The Balaban J connectivity index is 1.40. The SMILES string of the molecule is CCC/C=C/C(O)C(COC1OC(CO)C(OC2OC(CO)C(O)C(O)C2O)C(O)C1O)NC(=O)CCCCCCCCCCCCCCCCCCCCCCCCCCCCCCC/C=C\C/C=C\CCCCCCC. The first kappa shape index (κ1) is 72.3. The Morgan fingerprint density at radius 3 is 1.31 bits per heavy atom. The number of ether oxygens (including phenoxy) is 4. The molecule has 2 aliphatic rings. The first-order chi connectivity index (χ1) is 38.1. The maximum absolute atomic E-state index is 13.0. The summed E-state index contributed by atoms with van der Waals surface area (Å²) >= 11 is 0. The average molecular weight is 1110 g/mol. The zero-order valence-corrected chi connectivity index (χ0v) is 49.4. The lowest BCUT2D eigenvalue weighted by molar-refractivity contribution is -0.359. The van der Waals surface area contributed by atoms with E-state index in [2.05, 4.69) is 36.5 Å². The number of carbonyl (C=O) groups excluding carboxylic acids is 1. The predicted molar refractivity (Wildman–Crippen MR) is 314 cm³/mol. The summed E-state index contributed by atoms with van der Waals surface area (Å²) in [5.74, 6) is -0.247. The lowest BCUT2D eigenvalue weighted by atomic mass is 9.97. The molecule has 2 aliphatic heterocycles. The van der Waals surface area contributed by atoms with Gasteiger partial charge in [-0.2, -0.15) is 0 Å². The number of rotatable bonds is 52. The monoisotopic (exact) mass is 1110 g/mol. The van der Waals surface area contributed by atoms with Gasteiger partial charge < -0.3 is 65.1 Å². The van der Waals surface area contributed by atoms with Crippen LogP contribution in [0.5, 0.6) is 0 Å². The summed E-state index contributed by atoms with van der Waals surface area (Å²) in [5.41, 5.74) is 0. The summed E-state index contributed by atoms with van der Waals surface area (Å²) in [6.45, 7) is 2.57. The van der Waals surface area contributed by atoms with Crippen LogP contribution < -0.4 is 5.32 Å². The average Bonchev–Trinajstić information content (AvgIpc) is 3.44. The molecular formula is C64H119NO13. The molecule has 14 nitrogen and oxygen atoms in total. The van der Waals surface area contributed by atoms with Crippen LogP contribution in [0, 0.1) is 0 Å². The van der Waals surface area contributed by atoms with Gasteiger partial charge in [0.1, 0.15) is 48.8 Å². The third-order valence-electron chi connectivity index (χ3n) is 15.8. The summed E-state index contributed by atoms with van der Waals surface area (Å²) in [6.07, 6.45) is 46.6. The third kappa shape index (κ3) is 34.6. The highest BCUT2D eigenvalue weighted by Crippen LogP contribution is 2.30. The Morgan fingerprint density at radius 1 is 0.462 bits per heavy atom. The minimum Gasteiger partial charge on any atom is -0.394 e. The molecule has 458 valence electrons. The fraction of sp³-hybridized carbons (Fsp3) is 0.891. The molecule has 78 heavy (non-hydrogen) atoms. The summed E-state index contributed by atoms with van der Waals surface area (Å²) in [4.78, 5) is 13.0. The summed E-state index contributed by atoms with van der Waals surface area (Å²) in [6, 6.07) is -0.907. The molecule has 0 aromatic rings. The van der Waals surface area contributed by atoms with Gasteiger partial charge in [-0.25, -0.2) is 0 Å². The Labute approximate surface area is 474 Å². The topological polar surface area (TPSA) is 228 Å². The van der Waals surface area contributed by atoms with Gasteiger partial charge in [0.2, 0.25) is 5.91 Å². The lowest BCUT2D eigenvalue weighted by Crippen LogP contribution is -2.65. The van der Waals surface area contributed by atoms with Crippen molar-refractivity contribution in [3.63, 3.8) is 0 Å². The Kier molecular flexibility index (Phi) is 46.2. The molecule has 2 heterocycles. The van der Waals surface area contributed by atoms with E-state index in [1.165, 1.54) is 205 Å². The van der Waals surface area contributed by atoms with Crippen LogP contribution in [0.15, 0.2) is 36.5 Å². The summed E-state index contributed by atoms with van der Waals surface area (Å²) in [7, 11) is 0. The van der Waals surface area contributed by atoms with E-state index in [1.807, 2.05) is 13.0 Å².